The Morgan fingerprint density at radius 1 is 0.468 bits per heavy atom. The molecule has 3 aliphatic heterocycles. The minimum absolute atomic E-state index is 0.604. The van der Waals surface area contributed by atoms with E-state index >= 15 is 0 Å². The second kappa shape index (κ2) is 12.8. The van der Waals surface area contributed by atoms with Crippen LogP contribution in [0.3, 0.4) is 0 Å². The lowest BCUT2D eigenvalue weighted by atomic mass is 10.1. The van der Waals surface area contributed by atoms with Crippen molar-refractivity contribution in [1.29, 1.82) is 0 Å². The number of hydrogen-bond donors (Lipinski definition) is 0. The zero-order chi connectivity index (χ0) is 32.4. The van der Waals surface area contributed by atoms with Crippen LogP contribution in [-0.2, 0) is 20.2 Å². The van der Waals surface area contributed by atoms with Gasteiger partial charge in [0.1, 0.15) is 17.2 Å². The number of aryl methyl sites for hydroxylation is 1. The van der Waals surface area contributed by atoms with E-state index in [1.54, 1.807) is 0 Å². The van der Waals surface area contributed by atoms with Gasteiger partial charge < -0.3 is 14.2 Å². The summed E-state index contributed by atoms with van der Waals surface area (Å²) < 4.78 is 23.8. The maximum Gasteiger partial charge on any atom is 0.292 e. The van der Waals surface area contributed by atoms with Crippen LogP contribution >= 0.6 is 0 Å². The molecule has 9 rings (SSSR count). The first-order valence-electron chi connectivity index (χ1n) is 16.1. The van der Waals surface area contributed by atoms with Crippen molar-refractivity contribution in [3.05, 3.63) is 139 Å². The molecule has 0 spiro atoms. The SMILES string of the molecule is C[Si](C)(C)c1cccc2[n+]1COc1ccccc1-2.Cc1cccc2[n+]1COc1ccccc1-2.c1ccc2c(c1)OC[n+]1ccccc1-2. The molecule has 6 aromatic rings. The molecule has 0 saturated carbocycles. The smallest absolute Gasteiger partial charge is 0.292 e. The summed E-state index contributed by atoms with van der Waals surface area (Å²) in [4.78, 5) is 0. The third-order valence-corrected chi connectivity index (χ3v) is 10.6. The van der Waals surface area contributed by atoms with Crippen LogP contribution in [0.15, 0.2) is 134 Å². The summed E-state index contributed by atoms with van der Waals surface area (Å²) in [6.07, 6.45) is 2.03. The van der Waals surface area contributed by atoms with Crippen LogP contribution in [0.1, 0.15) is 5.69 Å². The van der Waals surface area contributed by atoms with Crippen molar-refractivity contribution in [2.45, 2.75) is 46.8 Å². The van der Waals surface area contributed by atoms with Crippen LogP contribution < -0.4 is 33.2 Å². The lowest BCUT2D eigenvalue weighted by Gasteiger charge is -2.21. The molecular weight excluding hydrogens is 599 g/mol. The first-order chi connectivity index (χ1) is 22.9. The molecule has 0 unspecified atom stereocenters. The molecule has 3 aromatic carbocycles. The lowest BCUT2D eigenvalue weighted by molar-refractivity contribution is -0.722. The van der Waals surface area contributed by atoms with Crippen LogP contribution in [0.5, 0.6) is 17.2 Å². The van der Waals surface area contributed by atoms with E-state index in [-0.39, 0.29) is 0 Å². The fourth-order valence-corrected chi connectivity index (χ4v) is 7.87. The molecular formula is C40H40N3O3Si+3. The quantitative estimate of drug-likeness (QED) is 0.147. The molecule has 234 valence electrons. The predicted molar refractivity (Wildman–Crippen MR) is 186 cm³/mol. The third-order valence-electron chi connectivity index (χ3n) is 8.65. The molecule has 0 atom stereocenters. The molecule has 0 bridgehead atoms. The van der Waals surface area contributed by atoms with Gasteiger partial charge in [0.2, 0.25) is 17.1 Å². The van der Waals surface area contributed by atoms with Crippen LogP contribution in [0.4, 0.5) is 0 Å². The summed E-state index contributed by atoms with van der Waals surface area (Å²) in [5.74, 6) is 2.94. The number of aromatic nitrogens is 3. The second-order valence-electron chi connectivity index (χ2n) is 12.8. The Morgan fingerprint density at radius 2 is 0.936 bits per heavy atom. The molecule has 6 nitrogen and oxygen atoms in total. The van der Waals surface area contributed by atoms with Crippen molar-refractivity contribution in [3.63, 3.8) is 0 Å². The number of fused-ring (bicyclic) bond motifs is 9. The molecule has 0 radical (unpaired) electrons. The van der Waals surface area contributed by atoms with Gasteiger partial charge in [-0.15, -0.1) is 0 Å². The van der Waals surface area contributed by atoms with Gasteiger partial charge in [-0.3, -0.25) is 0 Å². The van der Waals surface area contributed by atoms with Gasteiger partial charge in [-0.25, -0.2) is 0 Å². The van der Waals surface area contributed by atoms with E-state index in [1.807, 2.05) is 66.9 Å². The van der Waals surface area contributed by atoms with Crippen LogP contribution in [-0.4, -0.2) is 8.07 Å². The second-order valence-corrected chi connectivity index (χ2v) is 17.8. The molecule has 3 aromatic heterocycles. The highest BCUT2D eigenvalue weighted by Crippen LogP contribution is 2.32. The monoisotopic (exact) mass is 638 g/mol. The van der Waals surface area contributed by atoms with E-state index in [1.165, 1.54) is 44.8 Å². The molecule has 0 fully saturated rings. The Labute approximate surface area is 277 Å². The van der Waals surface area contributed by atoms with E-state index in [4.69, 9.17) is 14.2 Å². The topological polar surface area (TPSA) is 39.3 Å². The van der Waals surface area contributed by atoms with Crippen LogP contribution in [0, 0.1) is 6.92 Å². The summed E-state index contributed by atoms with van der Waals surface area (Å²) in [7, 11) is -1.35. The normalized spacial score (nSPS) is 12.9. The average molecular weight is 639 g/mol. The number of ether oxygens (including phenoxy) is 3. The zero-order valence-corrected chi connectivity index (χ0v) is 28.4. The number of pyridine rings is 3. The molecule has 6 heterocycles. The van der Waals surface area contributed by atoms with Crippen molar-refractivity contribution in [1.82, 2.24) is 0 Å². The van der Waals surface area contributed by atoms with E-state index < -0.39 is 8.07 Å². The highest BCUT2D eigenvalue weighted by molar-refractivity contribution is 6.87. The van der Waals surface area contributed by atoms with Gasteiger partial charge in [0, 0.05) is 37.3 Å². The maximum absolute atomic E-state index is 5.87. The summed E-state index contributed by atoms with van der Waals surface area (Å²) in [5.41, 5.74) is 8.49. The van der Waals surface area contributed by atoms with Gasteiger partial charge in [-0.1, -0.05) is 56.0 Å². The van der Waals surface area contributed by atoms with Gasteiger partial charge in [0.15, 0.2) is 25.3 Å². The Morgan fingerprint density at radius 3 is 1.55 bits per heavy atom. The summed E-state index contributed by atoms with van der Waals surface area (Å²) in [6, 6.07) is 43.6. The maximum atomic E-state index is 5.87. The number of para-hydroxylation sites is 3. The average Bonchev–Trinajstić information content (AvgIpc) is 3.11. The lowest BCUT2D eigenvalue weighted by Crippen LogP contribution is -2.63. The van der Waals surface area contributed by atoms with Gasteiger partial charge in [-0.05, 0) is 60.7 Å². The number of benzene rings is 3. The molecule has 0 amide bonds. The largest absolute Gasteiger partial charge is 0.435 e. The van der Waals surface area contributed by atoms with Crippen LogP contribution in [0.2, 0.25) is 19.6 Å². The number of rotatable bonds is 1. The predicted octanol–water partition coefficient (Wildman–Crippen LogP) is 6.83. The van der Waals surface area contributed by atoms with Crippen molar-refractivity contribution in [2.24, 2.45) is 0 Å². The van der Waals surface area contributed by atoms with Crippen molar-refractivity contribution in [3.8, 4) is 51.0 Å². The third kappa shape index (κ3) is 6.14. The fraction of sp³-hybridized carbons (Fsp3) is 0.175. The summed E-state index contributed by atoms with van der Waals surface area (Å²) in [5, 5.41) is 1.44. The standard InChI is InChI=1S/C15H18NOSi.C13H12NO.C12H10NO/c1-18(2,3)15-10-6-8-13-12-7-4-5-9-14(12)17-11-16(13)15;1-10-5-4-7-12-11-6-2-3-8-13(11)15-9-14(10)12;1-2-7-12-10(5-1)11-6-3-4-8-13(11)9-14-12/h4-10H,11H2,1-3H3;2-8H,9H2,1H3;1-8H,9H2/q3*+1. The summed E-state index contributed by atoms with van der Waals surface area (Å²) >= 11 is 0. The minimum Gasteiger partial charge on any atom is -0.435 e. The first-order valence-corrected chi connectivity index (χ1v) is 19.6. The minimum atomic E-state index is -1.35. The van der Waals surface area contributed by atoms with Crippen molar-refractivity contribution < 1.29 is 27.9 Å². The Bertz CT molecular complexity index is 2030. The van der Waals surface area contributed by atoms with Crippen molar-refractivity contribution in [2.75, 3.05) is 0 Å². The van der Waals surface area contributed by atoms with E-state index in [0.717, 1.165) is 17.2 Å². The van der Waals surface area contributed by atoms with Gasteiger partial charge >= 0.3 is 0 Å². The van der Waals surface area contributed by atoms with Gasteiger partial charge in [0.25, 0.3) is 20.2 Å². The molecule has 0 aliphatic carbocycles. The Kier molecular flexibility index (Phi) is 8.31. The Hall–Kier alpha value is -5.27. The molecule has 3 aliphatic rings. The zero-order valence-electron chi connectivity index (χ0n) is 27.4. The molecule has 0 N–H and O–H groups in total. The van der Waals surface area contributed by atoms with Gasteiger partial charge in [-0.2, -0.15) is 13.7 Å². The number of nitrogens with zero attached hydrogens (tertiary/aromatic N) is 3. The molecule has 7 heteroatoms. The fourth-order valence-electron chi connectivity index (χ4n) is 6.28. The molecule has 47 heavy (non-hydrogen) atoms. The highest BCUT2D eigenvalue weighted by Gasteiger charge is 2.33. The van der Waals surface area contributed by atoms with E-state index in [2.05, 4.69) is 107 Å². The first kappa shape index (κ1) is 30.4. The summed E-state index contributed by atoms with van der Waals surface area (Å²) in [6.45, 7) is 11.1. The number of hydrogen-bond acceptors (Lipinski definition) is 3. The highest BCUT2D eigenvalue weighted by atomic mass is 28.3. The van der Waals surface area contributed by atoms with Crippen molar-refractivity contribution >= 4 is 13.4 Å². The van der Waals surface area contributed by atoms with E-state index in [0.29, 0.717) is 20.2 Å². The molecule has 0 saturated heterocycles. The van der Waals surface area contributed by atoms with Gasteiger partial charge in [0.05, 0.1) is 16.7 Å². The Balaban J connectivity index is 0.000000113. The van der Waals surface area contributed by atoms with Crippen LogP contribution in [0.25, 0.3) is 33.8 Å². The van der Waals surface area contributed by atoms with E-state index in [9.17, 15) is 0 Å².